The number of epoxide rings is 1. The Kier molecular flexibility index (Phi) is 6.07. The third kappa shape index (κ3) is 5.01. The lowest BCUT2D eigenvalue weighted by molar-refractivity contribution is -0.134. The van der Waals surface area contributed by atoms with Crippen molar-refractivity contribution in [1.82, 2.24) is 16.0 Å². The Morgan fingerprint density at radius 3 is 2.45 bits per heavy atom. The minimum atomic E-state index is -1.16. The van der Waals surface area contributed by atoms with Gasteiger partial charge in [-0.1, -0.05) is 30.3 Å². The van der Waals surface area contributed by atoms with Crippen molar-refractivity contribution in [3.05, 3.63) is 35.9 Å². The highest BCUT2D eigenvalue weighted by molar-refractivity contribution is 5.98. The third-order valence-corrected chi connectivity index (χ3v) is 5.63. The molecule has 2 aliphatic rings. The molecule has 158 valence electrons. The molecule has 2 amide bonds. The maximum Gasteiger partial charge on any atom is 0.242 e. The van der Waals surface area contributed by atoms with Gasteiger partial charge in [0.05, 0.1) is 18.2 Å². The average Bonchev–Trinajstić information content (AvgIpc) is 3.32. The molecule has 0 saturated carbocycles. The van der Waals surface area contributed by atoms with Crippen LogP contribution in [0.4, 0.5) is 0 Å². The van der Waals surface area contributed by atoms with Crippen molar-refractivity contribution in [1.29, 1.82) is 0 Å². The molecule has 5 unspecified atom stereocenters. The van der Waals surface area contributed by atoms with Crippen LogP contribution in [0.2, 0.25) is 0 Å². The number of rotatable bonds is 8. The summed E-state index contributed by atoms with van der Waals surface area (Å²) in [6.07, 6.45) is 0.793. The number of hydrogen-bond donors (Lipinski definition) is 4. The standard InChI is InChI=1S/C21H29N3O5/c1-13(23-19(27)16-20(2,28)9-10-22-16)18(26)24-15(17(25)21(3)12-29-21)11-14-7-5-4-6-8-14/h4-8,13,15-16,22,28H,9-12H2,1-3H3,(H,23,27)(H,24,26). The molecule has 8 nitrogen and oxygen atoms in total. The fraction of sp³-hybridized carbons (Fsp3) is 0.571. The number of ketones is 1. The first-order valence-corrected chi connectivity index (χ1v) is 9.91. The van der Waals surface area contributed by atoms with Gasteiger partial charge in [-0.3, -0.25) is 14.4 Å². The molecule has 0 bridgehead atoms. The number of hydrogen-bond acceptors (Lipinski definition) is 6. The number of benzene rings is 1. The second-order valence-electron chi connectivity index (χ2n) is 8.36. The zero-order valence-corrected chi connectivity index (χ0v) is 17.0. The van der Waals surface area contributed by atoms with Crippen LogP contribution in [0.15, 0.2) is 30.3 Å². The zero-order valence-electron chi connectivity index (χ0n) is 17.0. The molecule has 1 aromatic rings. The van der Waals surface area contributed by atoms with Crippen molar-refractivity contribution in [3.63, 3.8) is 0 Å². The van der Waals surface area contributed by atoms with Gasteiger partial charge < -0.3 is 25.8 Å². The Hall–Kier alpha value is -2.29. The number of amides is 2. The Morgan fingerprint density at radius 2 is 1.90 bits per heavy atom. The minimum absolute atomic E-state index is 0.186. The van der Waals surface area contributed by atoms with E-state index in [0.717, 1.165) is 5.56 Å². The highest BCUT2D eigenvalue weighted by Crippen LogP contribution is 2.29. The van der Waals surface area contributed by atoms with Gasteiger partial charge >= 0.3 is 0 Å². The van der Waals surface area contributed by atoms with Gasteiger partial charge in [-0.25, -0.2) is 0 Å². The molecule has 0 aliphatic carbocycles. The van der Waals surface area contributed by atoms with Crippen LogP contribution in [0, 0.1) is 0 Å². The molecule has 0 spiro atoms. The van der Waals surface area contributed by atoms with Gasteiger partial charge in [0, 0.05) is 0 Å². The molecule has 29 heavy (non-hydrogen) atoms. The fourth-order valence-corrected chi connectivity index (χ4v) is 3.55. The molecular weight excluding hydrogens is 374 g/mol. The van der Waals surface area contributed by atoms with E-state index in [4.69, 9.17) is 4.74 Å². The van der Waals surface area contributed by atoms with Gasteiger partial charge in [-0.2, -0.15) is 0 Å². The first kappa shape index (κ1) is 21.4. The topological polar surface area (TPSA) is 120 Å². The maximum atomic E-state index is 12.8. The summed E-state index contributed by atoms with van der Waals surface area (Å²) >= 11 is 0. The third-order valence-electron chi connectivity index (χ3n) is 5.63. The summed E-state index contributed by atoms with van der Waals surface area (Å²) in [5.41, 5.74) is -1.12. The van der Waals surface area contributed by atoms with E-state index in [1.807, 2.05) is 30.3 Å². The van der Waals surface area contributed by atoms with E-state index < -0.39 is 41.1 Å². The molecule has 8 heteroatoms. The summed E-state index contributed by atoms with van der Waals surface area (Å²) in [5, 5.41) is 18.6. The highest BCUT2D eigenvalue weighted by Gasteiger charge is 2.50. The van der Waals surface area contributed by atoms with Crippen molar-refractivity contribution in [2.75, 3.05) is 13.2 Å². The molecule has 2 heterocycles. The van der Waals surface area contributed by atoms with Crippen LogP contribution < -0.4 is 16.0 Å². The summed E-state index contributed by atoms with van der Waals surface area (Å²) in [7, 11) is 0. The summed E-state index contributed by atoms with van der Waals surface area (Å²) in [5.74, 6) is -1.10. The van der Waals surface area contributed by atoms with Crippen LogP contribution >= 0.6 is 0 Å². The van der Waals surface area contributed by atoms with Crippen molar-refractivity contribution >= 4 is 17.6 Å². The van der Waals surface area contributed by atoms with Crippen molar-refractivity contribution in [3.8, 4) is 0 Å². The van der Waals surface area contributed by atoms with Gasteiger partial charge in [0.15, 0.2) is 5.78 Å². The predicted molar refractivity (Wildman–Crippen MR) is 106 cm³/mol. The maximum absolute atomic E-state index is 12.8. The van der Waals surface area contributed by atoms with Gasteiger partial charge in [0.25, 0.3) is 0 Å². The second-order valence-corrected chi connectivity index (χ2v) is 8.36. The number of aliphatic hydroxyl groups is 1. The van der Waals surface area contributed by atoms with Crippen LogP contribution in [-0.4, -0.2) is 65.2 Å². The van der Waals surface area contributed by atoms with Gasteiger partial charge in [-0.15, -0.1) is 0 Å². The van der Waals surface area contributed by atoms with Crippen LogP contribution in [0.1, 0.15) is 32.8 Å². The van der Waals surface area contributed by atoms with E-state index >= 15 is 0 Å². The van der Waals surface area contributed by atoms with E-state index in [2.05, 4.69) is 16.0 Å². The SMILES string of the molecule is CC(NC(=O)C1NCCC1(C)O)C(=O)NC(Cc1ccccc1)C(=O)C1(C)CO1. The van der Waals surface area contributed by atoms with Gasteiger partial charge in [0.2, 0.25) is 11.8 Å². The Morgan fingerprint density at radius 1 is 1.24 bits per heavy atom. The first-order chi connectivity index (χ1) is 13.6. The smallest absolute Gasteiger partial charge is 0.242 e. The molecule has 0 aromatic heterocycles. The van der Waals surface area contributed by atoms with Crippen LogP contribution in [0.25, 0.3) is 0 Å². The Labute approximate surface area is 170 Å². The largest absolute Gasteiger partial charge is 0.388 e. The van der Waals surface area contributed by atoms with Crippen LogP contribution in [0.5, 0.6) is 0 Å². The van der Waals surface area contributed by atoms with Crippen molar-refractivity contribution in [2.24, 2.45) is 0 Å². The number of Topliss-reactive ketones (excluding diaryl/α,β-unsaturated/α-hetero) is 1. The average molecular weight is 403 g/mol. The van der Waals surface area contributed by atoms with Gasteiger partial charge in [0.1, 0.15) is 17.7 Å². The minimum Gasteiger partial charge on any atom is -0.388 e. The lowest BCUT2D eigenvalue weighted by Gasteiger charge is -2.26. The molecule has 5 atom stereocenters. The highest BCUT2D eigenvalue weighted by atomic mass is 16.6. The monoisotopic (exact) mass is 403 g/mol. The molecule has 0 radical (unpaired) electrons. The van der Waals surface area contributed by atoms with Crippen LogP contribution in [0.3, 0.4) is 0 Å². The zero-order chi connectivity index (χ0) is 21.2. The number of ether oxygens (including phenoxy) is 1. The molecule has 3 rings (SSSR count). The van der Waals surface area contributed by atoms with E-state index in [1.54, 1.807) is 20.8 Å². The van der Waals surface area contributed by atoms with E-state index in [9.17, 15) is 19.5 Å². The Balaban J connectivity index is 1.64. The summed E-state index contributed by atoms with van der Waals surface area (Å²) < 4.78 is 5.27. The van der Waals surface area contributed by atoms with Crippen molar-refractivity contribution in [2.45, 2.75) is 62.9 Å². The molecule has 4 N–H and O–H groups in total. The fourth-order valence-electron chi connectivity index (χ4n) is 3.55. The summed E-state index contributed by atoms with van der Waals surface area (Å²) in [6.45, 7) is 5.71. The van der Waals surface area contributed by atoms with E-state index in [-0.39, 0.29) is 5.78 Å². The number of nitrogens with one attached hydrogen (secondary N) is 3. The molecular formula is C21H29N3O5. The molecule has 2 saturated heterocycles. The van der Waals surface area contributed by atoms with Gasteiger partial charge in [-0.05, 0) is 45.7 Å². The van der Waals surface area contributed by atoms with Crippen LogP contribution in [-0.2, 0) is 25.5 Å². The second kappa shape index (κ2) is 8.22. The number of carbonyl (C=O) groups is 3. The normalized spacial score (nSPS) is 30.3. The summed E-state index contributed by atoms with van der Waals surface area (Å²) in [4.78, 5) is 38.0. The quantitative estimate of drug-likeness (QED) is 0.442. The lowest BCUT2D eigenvalue weighted by atomic mass is 9.94. The predicted octanol–water partition coefficient (Wildman–Crippen LogP) is -0.310. The summed E-state index contributed by atoms with van der Waals surface area (Å²) in [6, 6.07) is 7.01. The van der Waals surface area contributed by atoms with E-state index in [1.165, 1.54) is 0 Å². The van der Waals surface area contributed by atoms with Crippen molar-refractivity contribution < 1.29 is 24.2 Å². The lowest BCUT2D eigenvalue weighted by Crippen LogP contribution is -2.57. The molecule has 2 fully saturated rings. The molecule has 1 aromatic carbocycles. The van der Waals surface area contributed by atoms with E-state index in [0.29, 0.717) is 26.0 Å². The Bertz CT molecular complexity index is 776. The molecule has 2 aliphatic heterocycles. The number of carbonyl (C=O) groups excluding carboxylic acids is 3. The first-order valence-electron chi connectivity index (χ1n) is 9.91.